The van der Waals surface area contributed by atoms with Gasteiger partial charge in [-0.3, -0.25) is 10.1 Å². The highest BCUT2D eigenvalue weighted by Crippen LogP contribution is 2.14. The largest absolute Gasteiger partial charge is 0.398 e. The fraction of sp³-hybridized carbons (Fsp3) is 0. The first-order valence-electron chi connectivity index (χ1n) is 3.46. The summed E-state index contributed by atoms with van der Waals surface area (Å²) in [5.74, 6) is -0.462. The topological polar surface area (TPSA) is 69.2 Å². The molecule has 0 amide bonds. The standard InChI is InChI=1S/C8H7FN2O2/c9-7-2-1-6(8(10)5-7)3-4-11(12)13/h1-5H,10H2/b4-3+. The van der Waals surface area contributed by atoms with Crippen LogP contribution in [0.3, 0.4) is 0 Å². The van der Waals surface area contributed by atoms with Crippen LogP contribution in [-0.4, -0.2) is 4.92 Å². The molecule has 68 valence electrons. The van der Waals surface area contributed by atoms with Crippen LogP contribution in [0.1, 0.15) is 5.56 Å². The molecule has 5 heteroatoms. The van der Waals surface area contributed by atoms with Gasteiger partial charge in [-0.15, -0.1) is 0 Å². The van der Waals surface area contributed by atoms with Gasteiger partial charge < -0.3 is 5.73 Å². The first-order chi connectivity index (χ1) is 6.09. The molecule has 0 radical (unpaired) electrons. The van der Waals surface area contributed by atoms with Gasteiger partial charge in [0.15, 0.2) is 0 Å². The molecule has 0 atom stereocenters. The van der Waals surface area contributed by atoms with Crippen molar-refractivity contribution in [1.29, 1.82) is 0 Å². The summed E-state index contributed by atoms with van der Waals surface area (Å²) < 4.78 is 12.5. The van der Waals surface area contributed by atoms with E-state index in [1.54, 1.807) is 0 Å². The van der Waals surface area contributed by atoms with Crippen molar-refractivity contribution < 1.29 is 9.31 Å². The first-order valence-corrected chi connectivity index (χ1v) is 3.46. The number of nitrogens with zero attached hydrogens (tertiary/aromatic N) is 1. The number of anilines is 1. The molecule has 1 aromatic carbocycles. The van der Waals surface area contributed by atoms with Gasteiger partial charge in [-0.1, -0.05) is 0 Å². The van der Waals surface area contributed by atoms with Crippen molar-refractivity contribution in [2.45, 2.75) is 0 Å². The van der Waals surface area contributed by atoms with E-state index in [2.05, 4.69) is 0 Å². The molecular weight excluding hydrogens is 175 g/mol. The minimum atomic E-state index is -0.608. The number of benzene rings is 1. The second kappa shape index (κ2) is 3.66. The van der Waals surface area contributed by atoms with E-state index in [0.717, 1.165) is 12.3 Å². The summed E-state index contributed by atoms with van der Waals surface area (Å²) in [6, 6.07) is 3.68. The smallest absolute Gasteiger partial charge is 0.235 e. The molecule has 13 heavy (non-hydrogen) atoms. The quantitative estimate of drug-likeness (QED) is 0.429. The lowest BCUT2D eigenvalue weighted by Crippen LogP contribution is -1.91. The Bertz CT molecular complexity index is 363. The number of nitrogen functional groups attached to an aromatic ring is 1. The van der Waals surface area contributed by atoms with Crippen molar-refractivity contribution >= 4 is 11.8 Å². The van der Waals surface area contributed by atoms with Crippen molar-refractivity contribution in [3.63, 3.8) is 0 Å². The highest BCUT2D eigenvalue weighted by atomic mass is 19.1. The molecule has 4 nitrogen and oxygen atoms in total. The van der Waals surface area contributed by atoms with Crippen molar-refractivity contribution in [2.75, 3.05) is 5.73 Å². The average molecular weight is 182 g/mol. The predicted molar refractivity (Wildman–Crippen MR) is 46.8 cm³/mol. The zero-order valence-electron chi connectivity index (χ0n) is 6.61. The highest BCUT2D eigenvalue weighted by molar-refractivity contribution is 5.63. The van der Waals surface area contributed by atoms with Gasteiger partial charge >= 0.3 is 0 Å². The Morgan fingerprint density at radius 2 is 2.23 bits per heavy atom. The van der Waals surface area contributed by atoms with Gasteiger partial charge in [0.2, 0.25) is 6.20 Å². The van der Waals surface area contributed by atoms with E-state index in [-0.39, 0.29) is 5.69 Å². The van der Waals surface area contributed by atoms with Crippen LogP contribution < -0.4 is 5.73 Å². The Morgan fingerprint density at radius 3 is 2.77 bits per heavy atom. The van der Waals surface area contributed by atoms with Crippen molar-refractivity contribution in [2.24, 2.45) is 0 Å². The van der Waals surface area contributed by atoms with Gasteiger partial charge in [-0.2, -0.15) is 0 Å². The second-order valence-electron chi connectivity index (χ2n) is 2.37. The van der Waals surface area contributed by atoms with Crippen LogP contribution in [0.25, 0.3) is 6.08 Å². The second-order valence-corrected chi connectivity index (χ2v) is 2.37. The molecule has 0 aliphatic carbocycles. The number of hydrogen-bond donors (Lipinski definition) is 1. The van der Waals surface area contributed by atoms with Crippen molar-refractivity contribution in [3.8, 4) is 0 Å². The molecule has 0 saturated heterocycles. The molecule has 0 unspecified atom stereocenters. The molecule has 0 spiro atoms. The third kappa shape index (κ3) is 2.55. The Morgan fingerprint density at radius 1 is 1.54 bits per heavy atom. The molecule has 0 saturated carbocycles. The van der Waals surface area contributed by atoms with Gasteiger partial charge in [-0.05, 0) is 18.2 Å². The van der Waals surface area contributed by atoms with Gasteiger partial charge in [0.05, 0.1) is 4.92 Å². The summed E-state index contributed by atoms with van der Waals surface area (Å²) in [6.45, 7) is 0. The first kappa shape index (κ1) is 9.18. The van der Waals surface area contributed by atoms with Crippen LogP contribution >= 0.6 is 0 Å². The van der Waals surface area contributed by atoms with E-state index in [9.17, 15) is 14.5 Å². The molecule has 1 rings (SSSR count). The summed E-state index contributed by atoms with van der Waals surface area (Å²) in [5.41, 5.74) is 6.00. The average Bonchev–Trinajstić information content (AvgIpc) is 2.02. The van der Waals surface area contributed by atoms with Crippen LogP contribution in [0.2, 0.25) is 0 Å². The van der Waals surface area contributed by atoms with E-state index >= 15 is 0 Å². The normalized spacial score (nSPS) is 10.5. The molecule has 1 aromatic rings. The van der Waals surface area contributed by atoms with Crippen LogP contribution in [0, 0.1) is 15.9 Å². The number of hydrogen-bond acceptors (Lipinski definition) is 3. The molecule has 0 bridgehead atoms. The Kier molecular flexibility index (Phi) is 2.59. The van der Waals surface area contributed by atoms with Gasteiger partial charge in [0, 0.05) is 17.3 Å². The fourth-order valence-electron chi connectivity index (χ4n) is 0.839. The maximum atomic E-state index is 12.5. The van der Waals surface area contributed by atoms with Gasteiger partial charge in [0.1, 0.15) is 5.82 Å². The zero-order valence-corrected chi connectivity index (χ0v) is 6.61. The van der Waals surface area contributed by atoms with Crippen LogP contribution in [0.15, 0.2) is 24.4 Å². The lowest BCUT2D eigenvalue weighted by Gasteiger charge is -1.97. The van der Waals surface area contributed by atoms with Gasteiger partial charge in [-0.25, -0.2) is 4.39 Å². The maximum absolute atomic E-state index is 12.5. The lowest BCUT2D eigenvalue weighted by molar-refractivity contribution is -0.400. The Hall–Kier alpha value is -1.91. The highest BCUT2D eigenvalue weighted by Gasteiger charge is 1.98. The van der Waals surface area contributed by atoms with E-state index in [0.29, 0.717) is 5.56 Å². The summed E-state index contributed by atoms with van der Waals surface area (Å²) in [5, 5.41) is 9.95. The number of halogens is 1. The molecule has 2 N–H and O–H groups in total. The molecule has 0 aromatic heterocycles. The summed E-state index contributed by atoms with van der Waals surface area (Å²) in [6.07, 6.45) is 1.97. The molecule has 0 aliphatic heterocycles. The van der Waals surface area contributed by atoms with E-state index in [4.69, 9.17) is 5.73 Å². The molecular formula is C8H7FN2O2. The van der Waals surface area contributed by atoms with Crippen LogP contribution in [0.5, 0.6) is 0 Å². The van der Waals surface area contributed by atoms with E-state index in [1.165, 1.54) is 18.2 Å². The van der Waals surface area contributed by atoms with E-state index < -0.39 is 10.7 Å². The van der Waals surface area contributed by atoms with Crippen LogP contribution in [0.4, 0.5) is 10.1 Å². The Balaban J connectivity index is 2.96. The monoisotopic (exact) mass is 182 g/mol. The minimum absolute atomic E-state index is 0.179. The minimum Gasteiger partial charge on any atom is -0.398 e. The number of rotatable bonds is 2. The lowest BCUT2D eigenvalue weighted by atomic mass is 10.2. The summed E-state index contributed by atoms with van der Waals surface area (Å²) in [4.78, 5) is 9.35. The van der Waals surface area contributed by atoms with E-state index in [1.807, 2.05) is 0 Å². The number of nitrogens with two attached hydrogens (primary N) is 1. The summed E-state index contributed by atoms with van der Waals surface area (Å²) in [7, 11) is 0. The molecule has 0 aliphatic rings. The van der Waals surface area contributed by atoms with Crippen molar-refractivity contribution in [1.82, 2.24) is 0 Å². The Labute approximate surface area is 73.6 Å². The number of nitro groups is 1. The van der Waals surface area contributed by atoms with Gasteiger partial charge in [0.25, 0.3) is 0 Å². The van der Waals surface area contributed by atoms with Crippen LogP contribution in [-0.2, 0) is 0 Å². The molecule has 0 fully saturated rings. The van der Waals surface area contributed by atoms with Crippen molar-refractivity contribution in [3.05, 3.63) is 45.9 Å². The summed E-state index contributed by atoms with van der Waals surface area (Å²) >= 11 is 0. The fourth-order valence-corrected chi connectivity index (χ4v) is 0.839. The SMILES string of the molecule is Nc1cc(F)ccc1/C=C/[N+](=O)[O-]. The maximum Gasteiger partial charge on any atom is 0.235 e. The third-order valence-electron chi connectivity index (χ3n) is 1.42. The molecule has 0 heterocycles. The third-order valence-corrected chi connectivity index (χ3v) is 1.42. The predicted octanol–water partition coefficient (Wildman–Crippen LogP) is 1.66. The zero-order chi connectivity index (χ0) is 9.84.